The number of hydrogen-bond acceptors (Lipinski definition) is 6. The van der Waals surface area contributed by atoms with Gasteiger partial charge in [-0.3, -0.25) is 14.5 Å². The van der Waals surface area contributed by atoms with E-state index in [1.165, 1.54) is 11.1 Å². The van der Waals surface area contributed by atoms with Crippen molar-refractivity contribution in [1.82, 2.24) is 15.1 Å². The first kappa shape index (κ1) is 31.1. The SMILES string of the molecule is CCOC(=O)N1CCC(NC(=O)CCC(=O)Nc2ccc(N3CCN(C(c4ccccc4)c4ccccc4)CC3)cc2)CC1. The molecule has 3 aromatic rings. The van der Waals surface area contributed by atoms with Crippen LogP contribution in [0, 0.1) is 0 Å². The second-order valence-corrected chi connectivity index (χ2v) is 11.4. The van der Waals surface area contributed by atoms with Gasteiger partial charge >= 0.3 is 6.09 Å². The number of nitrogens with one attached hydrogen (secondary N) is 2. The van der Waals surface area contributed by atoms with E-state index in [9.17, 15) is 14.4 Å². The number of likely N-dealkylation sites (tertiary alicyclic amines) is 1. The molecule has 9 nitrogen and oxygen atoms in total. The van der Waals surface area contributed by atoms with Crippen LogP contribution in [-0.4, -0.2) is 79.6 Å². The summed E-state index contributed by atoms with van der Waals surface area (Å²) >= 11 is 0. The van der Waals surface area contributed by atoms with Crippen molar-refractivity contribution in [3.8, 4) is 0 Å². The lowest BCUT2D eigenvalue weighted by atomic mass is 9.96. The summed E-state index contributed by atoms with van der Waals surface area (Å²) in [5.74, 6) is -0.336. The quantitative estimate of drug-likeness (QED) is 0.340. The molecule has 0 spiro atoms. The fourth-order valence-corrected chi connectivity index (χ4v) is 6.05. The zero-order valence-corrected chi connectivity index (χ0v) is 25.5. The van der Waals surface area contributed by atoms with Crippen LogP contribution in [0.4, 0.5) is 16.2 Å². The van der Waals surface area contributed by atoms with E-state index < -0.39 is 0 Å². The van der Waals surface area contributed by atoms with Crippen LogP contribution in [0.1, 0.15) is 49.8 Å². The van der Waals surface area contributed by atoms with Gasteiger partial charge in [0.25, 0.3) is 0 Å². The molecule has 5 rings (SSSR count). The van der Waals surface area contributed by atoms with Gasteiger partial charge in [-0.15, -0.1) is 0 Å². The second kappa shape index (κ2) is 15.4. The van der Waals surface area contributed by atoms with E-state index >= 15 is 0 Å². The highest BCUT2D eigenvalue weighted by Gasteiger charge is 2.27. The number of rotatable bonds is 10. The fraction of sp³-hybridized carbons (Fsp3) is 0.400. The van der Waals surface area contributed by atoms with Crippen LogP contribution >= 0.6 is 0 Å². The average Bonchev–Trinajstić information content (AvgIpc) is 3.06. The molecule has 3 aromatic carbocycles. The Kier molecular flexibility index (Phi) is 10.9. The number of benzene rings is 3. The molecule has 0 saturated carbocycles. The number of piperazine rings is 1. The second-order valence-electron chi connectivity index (χ2n) is 11.4. The maximum absolute atomic E-state index is 12.5. The summed E-state index contributed by atoms with van der Waals surface area (Å²) in [7, 11) is 0. The Bertz CT molecular complexity index is 1310. The minimum atomic E-state index is -0.305. The van der Waals surface area contributed by atoms with E-state index in [0.717, 1.165) is 37.6 Å². The Morgan fingerprint density at radius 1 is 0.750 bits per heavy atom. The fourth-order valence-electron chi connectivity index (χ4n) is 6.05. The lowest BCUT2D eigenvalue weighted by Crippen LogP contribution is -2.48. The molecule has 232 valence electrons. The molecule has 2 saturated heterocycles. The van der Waals surface area contributed by atoms with Crippen molar-refractivity contribution >= 4 is 29.3 Å². The van der Waals surface area contributed by atoms with Gasteiger partial charge in [0.05, 0.1) is 12.6 Å². The Labute approximate surface area is 260 Å². The molecular weight excluding hydrogens is 554 g/mol. The number of hydrogen-bond donors (Lipinski definition) is 2. The maximum atomic E-state index is 12.5. The minimum absolute atomic E-state index is 0.00760. The Balaban J connectivity index is 1.05. The Hall–Kier alpha value is -4.37. The molecule has 2 aliphatic rings. The van der Waals surface area contributed by atoms with E-state index in [1.807, 2.05) is 24.3 Å². The number of nitrogens with zero attached hydrogens (tertiary/aromatic N) is 3. The molecule has 0 atom stereocenters. The van der Waals surface area contributed by atoms with Crippen molar-refractivity contribution in [2.75, 3.05) is 56.1 Å². The molecule has 0 radical (unpaired) electrons. The van der Waals surface area contributed by atoms with Crippen LogP contribution in [0.15, 0.2) is 84.9 Å². The summed E-state index contributed by atoms with van der Waals surface area (Å²) in [5, 5.41) is 5.91. The van der Waals surface area contributed by atoms with Gasteiger partial charge in [-0.2, -0.15) is 0 Å². The summed E-state index contributed by atoms with van der Waals surface area (Å²) in [5.41, 5.74) is 4.46. The van der Waals surface area contributed by atoms with Gasteiger partial charge in [0.15, 0.2) is 0 Å². The van der Waals surface area contributed by atoms with E-state index in [-0.39, 0.29) is 42.8 Å². The van der Waals surface area contributed by atoms with E-state index in [1.54, 1.807) is 11.8 Å². The molecule has 2 aliphatic heterocycles. The molecule has 9 heteroatoms. The highest BCUT2D eigenvalue weighted by atomic mass is 16.6. The minimum Gasteiger partial charge on any atom is -0.450 e. The van der Waals surface area contributed by atoms with E-state index in [0.29, 0.717) is 32.5 Å². The summed E-state index contributed by atoms with van der Waals surface area (Å²) in [6.07, 6.45) is 1.29. The standard InChI is InChI=1S/C35H43N5O4/c1-2-44-35(43)40-21-19-30(20-22-40)37-33(42)18-17-32(41)36-29-13-15-31(16-14-29)38-23-25-39(26-24-38)34(27-9-5-3-6-10-27)28-11-7-4-8-12-28/h3-16,30,34H,2,17-26H2,1H3,(H,36,41)(H,37,42). The predicted octanol–water partition coefficient (Wildman–Crippen LogP) is 5.05. The van der Waals surface area contributed by atoms with Crippen LogP contribution < -0.4 is 15.5 Å². The van der Waals surface area contributed by atoms with Crippen molar-refractivity contribution in [2.45, 2.75) is 44.7 Å². The third-order valence-electron chi connectivity index (χ3n) is 8.39. The number of anilines is 2. The van der Waals surface area contributed by atoms with Gasteiger partial charge in [0, 0.05) is 69.5 Å². The van der Waals surface area contributed by atoms with Crippen LogP contribution in [0.3, 0.4) is 0 Å². The van der Waals surface area contributed by atoms with Gasteiger partial charge in [-0.25, -0.2) is 4.79 Å². The zero-order valence-electron chi connectivity index (χ0n) is 25.5. The van der Waals surface area contributed by atoms with Gasteiger partial charge in [-0.05, 0) is 55.2 Å². The summed E-state index contributed by atoms with van der Waals surface area (Å²) in [4.78, 5) is 43.4. The van der Waals surface area contributed by atoms with E-state index in [2.05, 4.69) is 81.1 Å². The number of ether oxygens (including phenoxy) is 1. The molecule has 0 aliphatic carbocycles. The molecule has 2 fully saturated rings. The molecule has 2 N–H and O–H groups in total. The first-order chi connectivity index (χ1) is 21.5. The normalized spacial score (nSPS) is 16.0. The summed E-state index contributed by atoms with van der Waals surface area (Å²) < 4.78 is 5.04. The molecule has 0 bridgehead atoms. The molecule has 2 heterocycles. The van der Waals surface area contributed by atoms with Crippen molar-refractivity contribution in [1.29, 1.82) is 0 Å². The largest absolute Gasteiger partial charge is 0.450 e. The van der Waals surface area contributed by atoms with Crippen molar-refractivity contribution in [3.05, 3.63) is 96.1 Å². The lowest BCUT2D eigenvalue weighted by molar-refractivity contribution is -0.125. The van der Waals surface area contributed by atoms with Gasteiger partial charge < -0.3 is 25.2 Å². The number of amides is 3. The monoisotopic (exact) mass is 597 g/mol. The van der Waals surface area contributed by atoms with Gasteiger partial charge in [0.1, 0.15) is 0 Å². The summed E-state index contributed by atoms with van der Waals surface area (Å²) in [6.45, 7) is 6.96. The molecule has 0 aromatic heterocycles. The number of piperidine rings is 1. The third kappa shape index (κ3) is 8.38. The van der Waals surface area contributed by atoms with Crippen molar-refractivity contribution in [3.63, 3.8) is 0 Å². The van der Waals surface area contributed by atoms with Crippen LogP contribution in [0.2, 0.25) is 0 Å². The highest BCUT2D eigenvalue weighted by molar-refractivity contribution is 5.93. The average molecular weight is 598 g/mol. The molecule has 44 heavy (non-hydrogen) atoms. The first-order valence-electron chi connectivity index (χ1n) is 15.7. The van der Waals surface area contributed by atoms with Crippen LogP contribution in [0.5, 0.6) is 0 Å². The highest BCUT2D eigenvalue weighted by Crippen LogP contribution is 2.30. The van der Waals surface area contributed by atoms with Gasteiger partial charge in [-0.1, -0.05) is 60.7 Å². The molecule has 3 amide bonds. The number of carbonyl (C=O) groups is 3. The van der Waals surface area contributed by atoms with Gasteiger partial charge in [0.2, 0.25) is 11.8 Å². The third-order valence-corrected chi connectivity index (χ3v) is 8.39. The van der Waals surface area contributed by atoms with Crippen LogP contribution in [0.25, 0.3) is 0 Å². The topological polar surface area (TPSA) is 94.2 Å². The zero-order chi connectivity index (χ0) is 30.7. The Morgan fingerprint density at radius 2 is 1.32 bits per heavy atom. The molecular formula is C35H43N5O4. The maximum Gasteiger partial charge on any atom is 0.409 e. The molecule has 0 unspecified atom stereocenters. The summed E-state index contributed by atoms with van der Waals surface area (Å²) in [6, 6.07) is 29.6. The predicted molar refractivity (Wildman–Crippen MR) is 173 cm³/mol. The van der Waals surface area contributed by atoms with Crippen LogP contribution in [-0.2, 0) is 14.3 Å². The Morgan fingerprint density at radius 3 is 1.89 bits per heavy atom. The van der Waals surface area contributed by atoms with E-state index in [4.69, 9.17) is 4.74 Å². The van der Waals surface area contributed by atoms with Crippen molar-refractivity contribution < 1.29 is 19.1 Å². The van der Waals surface area contributed by atoms with Crippen molar-refractivity contribution in [2.24, 2.45) is 0 Å². The smallest absolute Gasteiger partial charge is 0.409 e. The first-order valence-corrected chi connectivity index (χ1v) is 15.7. The number of carbonyl (C=O) groups excluding carboxylic acids is 3. The lowest BCUT2D eigenvalue weighted by Gasteiger charge is -2.40.